The number of hydrogen-bond acceptors (Lipinski definition) is 5. The molecule has 0 aliphatic heterocycles. The first-order valence-electron chi connectivity index (χ1n) is 9.99. The molecule has 3 N–H and O–H groups in total. The molecule has 1 aromatic carbocycles. The van der Waals surface area contributed by atoms with Crippen molar-refractivity contribution in [2.75, 3.05) is 6.61 Å². The van der Waals surface area contributed by atoms with E-state index >= 15 is 0 Å². The molecule has 0 bridgehead atoms. The molecule has 1 aromatic rings. The second kappa shape index (κ2) is 13.3. The monoisotopic (exact) mass is 446 g/mol. The van der Waals surface area contributed by atoms with Gasteiger partial charge < -0.3 is 15.3 Å². The quantitative estimate of drug-likeness (QED) is 0.586. The van der Waals surface area contributed by atoms with Crippen LogP contribution in [0.1, 0.15) is 85.9 Å². The van der Waals surface area contributed by atoms with Crippen LogP contribution in [0, 0.1) is 5.92 Å². The molecule has 0 unspecified atom stereocenters. The van der Waals surface area contributed by atoms with Crippen molar-refractivity contribution in [2.45, 2.75) is 92.2 Å². The number of aliphatic imine (C=N–C) groups is 1. The molecule has 0 aliphatic rings. The van der Waals surface area contributed by atoms with Crippen LogP contribution in [0.5, 0.6) is 5.75 Å². The van der Waals surface area contributed by atoms with E-state index in [1.165, 1.54) is 5.56 Å². The van der Waals surface area contributed by atoms with Crippen molar-refractivity contribution >= 4 is 6.21 Å². The van der Waals surface area contributed by atoms with Crippen molar-refractivity contribution in [3.8, 4) is 5.75 Å². The molecule has 5 nitrogen and oxygen atoms in total. The number of aliphatic hydroxyl groups excluding tert-OH is 2. The van der Waals surface area contributed by atoms with E-state index in [9.17, 15) is 10.2 Å². The number of aliphatic hydroxyl groups is 2. The Balaban J connectivity index is 0. The van der Waals surface area contributed by atoms with Gasteiger partial charge in [0, 0.05) is 23.4 Å². The predicted octanol–water partition coefficient (Wildman–Crippen LogP) is 4.69. The molecule has 0 saturated heterocycles. The van der Waals surface area contributed by atoms with Crippen LogP contribution in [-0.2, 0) is 31.9 Å². The summed E-state index contributed by atoms with van der Waals surface area (Å²) >= 11 is 1.06. The topological polar surface area (TPSA) is 90.1 Å². The van der Waals surface area contributed by atoms with Crippen LogP contribution >= 0.6 is 0 Å². The second-order valence-corrected chi connectivity index (χ2v) is 9.83. The third-order valence-electron chi connectivity index (χ3n) is 4.18. The SMILES string of the molecule is CC(C)O.CC(C)[C@@H](CO)N=Cc1cc(C(C)(C)C)cc(C(C)(C)C)c1O.[O]=[V]. The molecule has 29 heavy (non-hydrogen) atoms. The van der Waals surface area contributed by atoms with E-state index in [1.54, 1.807) is 20.1 Å². The van der Waals surface area contributed by atoms with Crippen LogP contribution in [0.3, 0.4) is 0 Å². The van der Waals surface area contributed by atoms with Gasteiger partial charge in [0.1, 0.15) is 5.75 Å². The Bertz CT molecular complexity index is 626. The van der Waals surface area contributed by atoms with Crippen molar-refractivity contribution in [2.24, 2.45) is 10.9 Å². The van der Waals surface area contributed by atoms with Crippen LogP contribution in [0.15, 0.2) is 17.1 Å². The summed E-state index contributed by atoms with van der Waals surface area (Å²) in [5.41, 5.74) is 2.66. The summed E-state index contributed by atoms with van der Waals surface area (Å²) < 4.78 is 8.19. The van der Waals surface area contributed by atoms with Gasteiger partial charge in [-0.05, 0) is 42.2 Å². The molecule has 6 heteroatoms. The van der Waals surface area contributed by atoms with Crippen molar-refractivity contribution in [3.63, 3.8) is 0 Å². The first kappa shape index (κ1) is 30.2. The Kier molecular flexibility index (Phi) is 13.9. The first-order valence-corrected chi connectivity index (χ1v) is 10.6. The number of rotatable bonds is 4. The van der Waals surface area contributed by atoms with Gasteiger partial charge in [0.15, 0.2) is 0 Å². The molecule has 0 fully saturated rings. The van der Waals surface area contributed by atoms with E-state index < -0.39 is 0 Å². The number of phenols is 1. The summed E-state index contributed by atoms with van der Waals surface area (Å²) in [5.74, 6) is 0.543. The zero-order valence-electron chi connectivity index (χ0n) is 19.8. The number of phenolic OH excluding ortho intramolecular Hbond substituents is 1. The van der Waals surface area contributed by atoms with Gasteiger partial charge in [-0.3, -0.25) is 4.99 Å². The maximum atomic E-state index is 10.7. The fourth-order valence-corrected chi connectivity index (χ4v) is 2.37. The number of hydrogen-bond donors (Lipinski definition) is 3. The average molecular weight is 447 g/mol. The van der Waals surface area contributed by atoms with Crippen molar-refractivity contribution < 1.29 is 36.4 Å². The maximum absolute atomic E-state index is 10.7. The molecule has 0 saturated carbocycles. The Morgan fingerprint density at radius 2 is 1.45 bits per heavy atom. The molecule has 1 atom stereocenters. The molecule has 0 aromatic heterocycles. The number of benzene rings is 1. The molecular formula is C23H41NO4V. The fraction of sp³-hybridized carbons (Fsp3) is 0.696. The van der Waals surface area contributed by atoms with Gasteiger partial charge in [-0.1, -0.05) is 61.5 Å². The van der Waals surface area contributed by atoms with Crippen molar-refractivity contribution in [1.29, 1.82) is 0 Å². The van der Waals surface area contributed by atoms with Crippen LogP contribution in [-0.4, -0.2) is 40.3 Å². The molecule has 0 amide bonds. The molecule has 0 aliphatic carbocycles. The minimum absolute atomic E-state index is 0.00921. The summed E-state index contributed by atoms with van der Waals surface area (Å²) in [6.07, 6.45) is 1.54. The fourth-order valence-electron chi connectivity index (χ4n) is 2.37. The van der Waals surface area contributed by atoms with Crippen molar-refractivity contribution in [1.82, 2.24) is 0 Å². The summed E-state index contributed by atoms with van der Waals surface area (Å²) in [7, 11) is 0. The van der Waals surface area contributed by atoms with Gasteiger partial charge in [-0.15, -0.1) is 0 Å². The number of nitrogens with zero attached hydrogens (tertiary/aromatic N) is 1. The van der Waals surface area contributed by atoms with Gasteiger partial charge in [0.2, 0.25) is 0 Å². The minimum atomic E-state index is -0.167. The Morgan fingerprint density at radius 1 is 1.00 bits per heavy atom. The molecule has 0 spiro atoms. The average Bonchev–Trinajstić information content (AvgIpc) is 2.55. The molecule has 0 radical (unpaired) electrons. The van der Waals surface area contributed by atoms with E-state index in [-0.39, 0.29) is 41.3 Å². The Hall–Kier alpha value is -1.01. The van der Waals surface area contributed by atoms with Crippen LogP contribution < -0.4 is 0 Å². The van der Waals surface area contributed by atoms with Gasteiger partial charge in [-0.2, -0.15) is 0 Å². The molecular weight excluding hydrogens is 405 g/mol. The van der Waals surface area contributed by atoms with E-state index in [0.29, 0.717) is 0 Å². The van der Waals surface area contributed by atoms with E-state index in [4.69, 9.17) is 8.78 Å². The third-order valence-corrected chi connectivity index (χ3v) is 4.18. The summed E-state index contributed by atoms with van der Waals surface area (Å²) in [4.78, 5) is 4.48. The van der Waals surface area contributed by atoms with Gasteiger partial charge in [0.05, 0.1) is 12.6 Å². The van der Waals surface area contributed by atoms with Gasteiger partial charge in [0.25, 0.3) is 0 Å². The van der Waals surface area contributed by atoms with E-state index in [0.717, 1.165) is 28.5 Å². The van der Waals surface area contributed by atoms with Crippen molar-refractivity contribution in [3.05, 3.63) is 28.8 Å². The molecule has 1 rings (SSSR count). The second-order valence-electron chi connectivity index (χ2n) is 9.83. The van der Waals surface area contributed by atoms with Crippen LogP contribution in [0.2, 0.25) is 0 Å². The normalized spacial score (nSPS) is 13.0. The van der Waals surface area contributed by atoms with E-state index in [2.05, 4.69) is 52.6 Å². The summed E-state index contributed by atoms with van der Waals surface area (Å²) in [6.45, 7) is 20.3. The first-order chi connectivity index (χ1) is 13.1. The standard InChI is InChI=1S/C20H33NO2.C3H8O.O.V/c1-13(2)17(12-22)21-11-14-9-15(19(3,4)5)10-16(18(14)23)20(6,7)8;1-3(2)4;;/h9-11,13,17,22-23H,12H2,1-8H3;3-4H,1-2H3;;/t17-;;;/m1.../s1. The summed E-state index contributed by atoms with van der Waals surface area (Å²) in [6, 6.07) is 3.95. The molecule has 0 heterocycles. The zero-order chi connectivity index (χ0) is 23.6. The van der Waals surface area contributed by atoms with Gasteiger partial charge in [-0.25, -0.2) is 0 Å². The summed E-state index contributed by atoms with van der Waals surface area (Å²) in [5, 5.41) is 28.2. The van der Waals surface area contributed by atoms with Crippen LogP contribution in [0.25, 0.3) is 0 Å². The predicted molar refractivity (Wildman–Crippen MR) is 117 cm³/mol. The Morgan fingerprint density at radius 3 is 1.76 bits per heavy atom. The van der Waals surface area contributed by atoms with Gasteiger partial charge >= 0.3 is 21.0 Å². The Labute approximate surface area is 186 Å². The third kappa shape index (κ3) is 11.7. The zero-order valence-corrected chi connectivity index (χ0v) is 21.2. The van der Waals surface area contributed by atoms with Crippen LogP contribution in [0.4, 0.5) is 0 Å². The molecule has 167 valence electrons. The number of aromatic hydroxyl groups is 1. The van der Waals surface area contributed by atoms with E-state index in [1.807, 2.05) is 19.9 Å².